The summed E-state index contributed by atoms with van der Waals surface area (Å²) in [5, 5.41) is -0.299. The molecule has 3 nitrogen and oxygen atoms in total. The molecule has 84 valence electrons. The van der Waals surface area contributed by atoms with Crippen molar-refractivity contribution in [1.82, 2.24) is 9.38 Å². The Kier molecular flexibility index (Phi) is 3.04. The fourth-order valence-electron chi connectivity index (χ4n) is 1.60. The Balaban J connectivity index is 2.95. The van der Waals surface area contributed by atoms with Crippen LogP contribution in [0.5, 0.6) is 0 Å². The molecule has 0 aliphatic rings. The minimum absolute atomic E-state index is 0.120. The van der Waals surface area contributed by atoms with Crippen molar-refractivity contribution < 1.29 is 0 Å². The van der Waals surface area contributed by atoms with Gasteiger partial charge in [-0.15, -0.1) is 11.6 Å². The van der Waals surface area contributed by atoms with E-state index in [0.29, 0.717) is 15.8 Å². The zero-order chi connectivity index (χ0) is 11.9. The summed E-state index contributed by atoms with van der Waals surface area (Å²) in [6, 6.07) is 5.53. The number of hydrogen-bond donors (Lipinski definition) is 0. The van der Waals surface area contributed by atoms with Gasteiger partial charge < -0.3 is 0 Å². The van der Waals surface area contributed by atoms with Gasteiger partial charge in [0.15, 0.2) is 0 Å². The number of fused-ring (bicyclic) bond motifs is 1. The number of alkyl halides is 1. The van der Waals surface area contributed by atoms with E-state index >= 15 is 0 Å². The van der Waals surface area contributed by atoms with Crippen LogP contribution in [0, 0.1) is 6.92 Å². The van der Waals surface area contributed by atoms with Crippen LogP contribution in [0.2, 0.25) is 0 Å². The van der Waals surface area contributed by atoms with Gasteiger partial charge in [0, 0.05) is 5.69 Å². The number of aromatic nitrogens is 2. The standard InChI is InChI=1S/C11H10BrClN2O/c1-6-4-3-5-8-14-10(7(2)13)9(12)11(16)15(6)8/h3-5,7H,1-2H3. The zero-order valence-corrected chi connectivity index (χ0v) is 11.2. The normalized spacial score (nSPS) is 13.0. The van der Waals surface area contributed by atoms with E-state index in [4.69, 9.17) is 11.6 Å². The van der Waals surface area contributed by atoms with Gasteiger partial charge >= 0.3 is 0 Å². The van der Waals surface area contributed by atoms with Crippen LogP contribution in [0.4, 0.5) is 0 Å². The average Bonchev–Trinajstić information content (AvgIpc) is 2.22. The van der Waals surface area contributed by atoms with E-state index in [1.54, 1.807) is 17.4 Å². The highest BCUT2D eigenvalue weighted by Crippen LogP contribution is 2.23. The van der Waals surface area contributed by atoms with Crippen LogP contribution in [0.15, 0.2) is 27.5 Å². The summed E-state index contributed by atoms with van der Waals surface area (Å²) in [4.78, 5) is 16.5. The molecule has 0 amide bonds. The molecule has 0 aromatic carbocycles. The molecule has 0 spiro atoms. The number of rotatable bonds is 1. The van der Waals surface area contributed by atoms with Gasteiger partial charge in [0.25, 0.3) is 5.56 Å². The Morgan fingerprint density at radius 1 is 1.50 bits per heavy atom. The fourth-order valence-corrected chi connectivity index (χ4v) is 2.50. The first kappa shape index (κ1) is 11.6. The Hall–Kier alpha value is -0.870. The number of hydrogen-bond acceptors (Lipinski definition) is 2. The Labute approximate surface area is 106 Å². The highest BCUT2D eigenvalue weighted by Gasteiger charge is 2.14. The van der Waals surface area contributed by atoms with Crippen molar-refractivity contribution in [3.63, 3.8) is 0 Å². The summed E-state index contributed by atoms with van der Waals surface area (Å²) in [5.41, 5.74) is 1.93. The monoisotopic (exact) mass is 300 g/mol. The maximum atomic E-state index is 12.1. The summed E-state index contributed by atoms with van der Waals surface area (Å²) >= 11 is 9.24. The molecular formula is C11H10BrClN2O. The van der Waals surface area contributed by atoms with E-state index < -0.39 is 0 Å². The van der Waals surface area contributed by atoms with Crippen molar-refractivity contribution in [3.05, 3.63) is 44.4 Å². The largest absolute Gasteiger partial charge is 0.272 e. The highest BCUT2D eigenvalue weighted by molar-refractivity contribution is 9.10. The first-order chi connectivity index (χ1) is 7.52. The molecule has 0 fully saturated rings. The van der Waals surface area contributed by atoms with Crippen molar-refractivity contribution in [2.24, 2.45) is 0 Å². The smallest absolute Gasteiger partial charge is 0.268 e. The molecule has 1 atom stereocenters. The van der Waals surface area contributed by atoms with Gasteiger partial charge in [0.05, 0.1) is 11.1 Å². The minimum atomic E-state index is -0.299. The van der Waals surface area contributed by atoms with Crippen molar-refractivity contribution in [3.8, 4) is 0 Å². The third kappa shape index (κ3) is 1.76. The SMILES string of the molecule is Cc1cccc2nc(C(C)Cl)c(Br)c(=O)n12. The summed E-state index contributed by atoms with van der Waals surface area (Å²) < 4.78 is 1.99. The van der Waals surface area contributed by atoms with Crippen molar-refractivity contribution in [1.29, 1.82) is 0 Å². The van der Waals surface area contributed by atoms with Gasteiger partial charge in [-0.1, -0.05) is 6.07 Å². The van der Waals surface area contributed by atoms with Gasteiger partial charge in [0.1, 0.15) is 10.1 Å². The van der Waals surface area contributed by atoms with Crippen LogP contribution in [-0.4, -0.2) is 9.38 Å². The predicted molar refractivity (Wildman–Crippen MR) is 68.2 cm³/mol. The maximum absolute atomic E-state index is 12.1. The molecule has 0 saturated heterocycles. The molecule has 0 saturated carbocycles. The van der Waals surface area contributed by atoms with Gasteiger partial charge in [-0.3, -0.25) is 9.20 Å². The Morgan fingerprint density at radius 3 is 2.81 bits per heavy atom. The molecule has 2 aromatic heterocycles. The molecule has 2 rings (SSSR count). The third-order valence-corrected chi connectivity index (χ3v) is 3.34. The van der Waals surface area contributed by atoms with Gasteiger partial charge in [-0.05, 0) is 41.9 Å². The van der Waals surface area contributed by atoms with E-state index in [9.17, 15) is 4.79 Å². The molecule has 2 aromatic rings. The molecule has 2 heterocycles. The maximum Gasteiger partial charge on any atom is 0.272 e. The summed E-state index contributed by atoms with van der Waals surface area (Å²) in [7, 11) is 0. The Bertz CT molecular complexity index is 607. The van der Waals surface area contributed by atoms with Crippen LogP contribution in [0.3, 0.4) is 0 Å². The van der Waals surface area contributed by atoms with Gasteiger partial charge in [-0.25, -0.2) is 4.98 Å². The molecular weight excluding hydrogens is 291 g/mol. The zero-order valence-electron chi connectivity index (χ0n) is 8.87. The van der Waals surface area contributed by atoms with E-state index in [1.165, 1.54) is 0 Å². The van der Waals surface area contributed by atoms with E-state index in [-0.39, 0.29) is 10.9 Å². The lowest BCUT2D eigenvalue weighted by Crippen LogP contribution is -2.20. The lowest BCUT2D eigenvalue weighted by molar-refractivity contribution is 0.909. The summed E-state index contributed by atoms with van der Waals surface area (Å²) in [6.07, 6.45) is 0. The number of pyridine rings is 1. The molecule has 0 bridgehead atoms. The van der Waals surface area contributed by atoms with Crippen LogP contribution in [0.25, 0.3) is 5.65 Å². The number of halogens is 2. The molecule has 0 aliphatic carbocycles. The lowest BCUT2D eigenvalue weighted by atomic mass is 10.3. The molecule has 0 N–H and O–H groups in total. The first-order valence-electron chi connectivity index (χ1n) is 4.84. The van der Waals surface area contributed by atoms with Crippen LogP contribution < -0.4 is 5.56 Å². The van der Waals surface area contributed by atoms with E-state index in [1.807, 2.05) is 19.1 Å². The molecule has 1 unspecified atom stereocenters. The van der Waals surface area contributed by atoms with Crippen molar-refractivity contribution >= 4 is 33.2 Å². The fraction of sp³-hybridized carbons (Fsp3) is 0.273. The Morgan fingerprint density at radius 2 is 2.19 bits per heavy atom. The summed E-state index contributed by atoms with van der Waals surface area (Å²) in [6.45, 7) is 3.66. The van der Waals surface area contributed by atoms with Crippen LogP contribution >= 0.6 is 27.5 Å². The topological polar surface area (TPSA) is 34.4 Å². The molecule has 16 heavy (non-hydrogen) atoms. The molecule has 0 aliphatic heterocycles. The second kappa shape index (κ2) is 4.18. The van der Waals surface area contributed by atoms with Gasteiger partial charge in [0.2, 0.25) is 0 Å². The predicted octanol–water partition coefficient (Wildman–Crippen LogP) is 3.07. The average molecular weight is 302 g/mol. The van der Waals surface area contributed by atoms with Crippen molar-refractivity contribution in [2.75, 3.05) is 0 Å². The van der Waals surface area contributed by atoms with E-state index in [0.717, 1.165) is 5.69 Å². The second-order valence-corrected chi connectivity index (χ2v) is 5.04. The second-order valence-electron chi connectivity index (χ2n) is 3.59. The minimum Gasteiger partial charge on any atom is -0.268 e. The highest BCUT2D eigenvalue weighted by atomic mass is 79.9. The number of aryl methyl sites for hydroxylation is 1. The number of nitrogens with zero attached hydrogens (tertiary/aromatic N) is 2. The van der Waals surface area contributed by atoms with Gasteiger partial charge in [-0.2, -0.15) is 0 Å². The molecule has 5 heteroatoms. The quantitative estimate of drug-likeness (QED) is 0.759. The van der Waals surface area contributed by atoms with Crippen LogP contribution in [-0.2, 0) is 0 Å². The third-order valence-electron chi connectivity index (χ3n) is 2.39. The van der Waals surface area contributed by atoms with E-state index in [2.05, 4.69) is 20.9 Å². The van der Waals surface area contributed by atoms with Crippen molar-refractivity contribution in [2.45, 2.75) is 19.2 Å². The first-order valence-corrected chi connectivity index (χ1v) is 6.07. The van der Waals surface area contributed by atoms with Crippen LogP contribution in [0.1, 0.15) is 23.7 Å². The summed E-state index contributed by atoms with van der Waals surface area (Å²) in [5.74, 6) is 0. The lowest BCUT2D eigenvalue weighted by Gasteiger charge is -2.09. The molecule has 0 radical (unpaired) electrons.